The highest BCUT2D eigenvalue weighted by molar-refractivity contribution is 7.92. The van der Waals surface area contributed by atoms with Gasteiger partial charge in [-0.3, -0.25) is 9.52 Å². The molecule has 3 aromatic carbocycles. The molecule has 3 aromatic rings. The number of anilines is 2. The fourth-order valence-electron chi connectivity index (χ4n) is 2.76. The molecule has 0 aromatic heterocycles. The number of hydrogen-bond donors (Lipinski definition) is 2. The van der Waals surface area contributed by atoms with E-state index in [4.69, 9.17) is 0 Å². The van der Waals surface area contributed by atoms with Crippen molar-refractivity contribution in [3.8, 4) is 0 Å². The Bertz CT molecular complexity index is 1140. The molecule has 0 radical (unpaired) electrons. The molecular weight excluding hydrogens is 391 g/mol. The van der Waals surface area contributed by atoms with Gasteiger partial charge in [-0.1, -0.05) is 24.3 Å². The van der Waals surface area contributed by atoms with Crippen molar-refractivity contribution in [3.63, 3.8) is 0 Å². The minimum atomic E-state index is -3.75. The van der Waals surface area contributed by atoms with Crippen LogP contribution in [0.3, 0.4) is 0 Å². The third kappa shape index (κ3) is 5.20. The SMILES string of the molecule is Cc1ccc(NS(=O)(=O)c2ccc(NC(=O)Cc3ccccc3F)cc2)cc1C. The lowest BCUT2D eigenvalue weighted by Crippen LogP contribution is -2.16. The van der Waals surface area contributed by atoms with E-state index in [-0.39, 0.29) is 17.2 Å². The van der Waals surface area contributed by atoms with E-state index < -0.39 is 15.8 Å². The van der Waals surface area contributed by atoms with Crippen LogP contribution in [0.2, 0.25) is 0 Å². The van der Waals surface area contributed by atoms with E-state index in [1.165, 1.54) is 30.3 Å². The lowest BCUT2D eigenvalue weighted by molar-refractivity contribution is -0.115. The minimum Gasteiger partial charge on any atom is -0.326 e. The second kappa shape index (κ2) is 8.45. The number of carbonyl (C=O) groups is 1. The molecule has 150 valence electrons. The van der Waals surface area contributed by atoms with Crippen LogP contribution in [0.4, 0.5) is 15.8 Å². The topological polar surface area (TPSA) is 75.3 Å². The molecule has 3 rings (SSSR count). The standard InChI is InChI=1S/C22H21FN2O3S/c1-15-7-8-19(13-16(15)2)25-29(27,28)20-11-9-18(10-12-20)24-22(26)14-17-5-3-4-6-21(17)23/h3-13,25H,14H2,1-2H3,(H,24,26). The van der Waals surface area contributed by atoms with E-state index in [0.29, 0.717) is 16.9 Å². The zero-order chi connectivity index (χ0) is 21.0. The molecule has 0 aliphatic rings. The van der Waals surface area contributed by atoms with Gasteiger partial charge in [-0.15, -0.1) is 0 Å². The number of carbonyl (C=O) groups excluding carboxylic acids is 1. The Morgan fingerprint density at radius 1 is 0.897 bits per heavy atom. The van der Waals surface area contributed by atoms with Crippen LogP contribution in [0.25, 0.3) is 0 Å². The quantitative estimate of drug-likeness (QED) is 0.629. The van der Waals surface area contributed by atoms with Crippen molar-refractivity contribution in [1.82, 2.24) is 0 Å². The van der Waals surface area contributed by atoms with E-state index in [1.54, 1.807) is 30.3 Å². The Morgan fingerprint density at radius 3 is 2.21 bits per heavy atom. The minimum absolute atomic E-state index is 0.0721. The van der Waals surface area contributed by atoms with Gasteiger partial charge in [0.15, 0.2) is 0 Å². The van der Waals surface area contributed by atoms with Gasteiger partial charge in [-0.2, -0.15) is 0 Å². The van der Waals surface area contributed by atoms with Crippen molar-refractivity contribution in [2.75, 3.05) is 10.0 Å². The molecule has 1 amide bonds. The second-order valence-electron chi connectivity index (χ2n) is 6.75. The highest BCUT2D eigenvalue weighted by Crippen LogP contribution is 2.20. The summed E-state index contributed by atoms with van der Waals surface area (Å²) in [6, 6.07) is 17.2. The molecular formula is C22H21FN2O3S. The maximum Gasteiger partial charge on any atom is 0.261 e. The van der Waals surface area contributed by atoms with Crippen LogP contribution in [0, 0.1) is 19.7 Å². The molecule has 7 heteroatoms. The average Bonchev–Trinajstić information content (AvgIpc) is 2.67. The van der Waals surface area contributed by atoms with Gasteiger partial charge in [0.1, 0.15) is 5.82 Å². The Labute approximate surface area is 169 Å². The van der Waals surface area contributed by atoms with Crippen molar-refractivity contribution in [1.29, 1.82) is 0 Å². The predicted molar refractivity (Wildman–Crippen MR) is 112 cm³/mol. The summed E-state index contributed by atoms with van der Waals surface area (Å²) < 4.78 is 41.3. The Kier molecular flexibility index (Phi) is 5.98. The number of rotatable bonds is 6. The first-order valence-corrected chi connectivity index (χ1v) is 10.5. The summed E-state index contributed by atoms with van der Waals surface area (Å²) >= 11 is 0. The van der Waals surface area contributed by atoms with Crippen LogP contribution in [-0.4, -0.2) is 14.3 Å². The molecule has 0 bridgehead atoms. The van der Waals surface area contributed by atoms with Gasteiger partial charge >= 0.3 is 0 Å². The first-order chi connectivity index (χ1) is 13.7. The molecule has 0 heterocycles. The van der Waals surface area contributed by atoms with Crippen LogP contribution in [0.5, 0.6) is 0 Å². The van der Waals surface area contributed by atoms with E-state index in [2.05, 4.69) is 10.0 Å². The van der Waals surface area contributed by atoms with Crippen LogP contribution >= 0.6 is 0 Å². The maximum absolute atomic E-state index is 13.6. The molecule has 0 atom stereocenters. The van der Waals surface area contributed by atoms with Crippen LogP contribution < -0.4 is 10.0 Å². The fraction of sp³-hybridized carbons (Fsp3) is 0.136. The summed E-state index contributed by atoms with van der Waals surface area (Å²) in [5.41, 5.74) is 3.26. The van der Waals surface area contributed by atoms with Crippen molar-refractivity contribution in [3.05, 3.63) is 89.2 Å². The predicted octanol–water partition coefficient (Wildman–Crippen LogP) is 4.42. The van der Waals surface area contributed by atoms with Crippen molar-refractivity contribution >= 4 is 27.3 Å². The van der Waals surface area contributed by atoms with Gasteiger partial charge in [0.05, 0.1) is 11.3 Å². The summed E-state index contributed by atoms with van der Waals surface area (Å²) in [7, 11) is -3.75. The number of hydrogen-bond acceptors (Lipinski definition) is 3. The number of benzene rings is 3. The van der Waals surface area contributed by atoms with Crippen molar-refractivity contribution < 1.29 is 17.6 Å². The van der Waals surface area contributed by atoms with Gasteiger partial charge in [-0.25, -0.2) is 12.8 Å². The summed E-state index contributed by atoms with van der Waals surface area (Å²) in [5.74, 6) is -0.833. The number of halogens is 1. The van der Waals surface area contributed by atoms with Crippen molar-refractivity contribution in [2.45, 2.75) is 25.2 Å². The maximum atomic E-state index is 13.6. The third-order valence-electron chi connectivity index (χ3n) is 4.52. The Hall–Kier alpha value is -3.19. The second-order valence-corrected chi connectivity index (χ2v) is 8.43. The van der Waals surface area contributed by atoms with Crippen molar-refractivity contribution in [2.24, 2.45) is 0 Å². The summed E-state index contributed by atoms with van der Waals surface area (Å²) in [5, 5.41) is 2.64. The number of nitrogens with one attached hydrogen (secondary N) is 2. The van der Waals surface area contributed by atoms with Gasteiger partial charge < -0.3 is 5.32 Å². The molecule has 0 saturated heterocycles. The zero-order valence-corrected chi connectivity index (χ0v) is 16.9. The largest absolute Gasteiger partial charge is 0.326 e. The smallest absolute Gasteiger partial charge is 0.261 e. The highest BCUT2D eigenvalue weighted by atomic mass is 32.2. The number of amides is 1. The van der Waals surface area contributed by atoms with E-state index in [9.17, 15) is 17.6 Å². The Balaban J connectivity index is 1.68. The first-order valence-electron chi connectivity index (χ1n) is 8.98. The molecule has 0 unspecified atom stereocenters. The van der Waals surface area contributed by atoms with E-state index >= 15 is 0 Å². The third-order valence-corrected chi connectivity index (χ3v) is 5.91. The monoisotopic (exact) mass is 412 g/mol. The normalized spacial score (nSPS) is 11.1. The van der Waals surface area contributed by atoms with Gasteiger partial charge in [0.25, 0.3) is 10.0 Å². The van der Waals surface area contributed by atoms with E-state index in [0.717, 1.165) is 11.1 Å². The molecule has 2 N–H and O–H groups in total. The highest BCUT2D eigenvalue weighted by Gasteiger charge is 2.15. The molecule has 29 heavy (non-hydrogen) atoms. The number of aryl methyl sites for hydroxylation is 2. The molecule has 0 aliphatic heterocycles. The zero-order valence-electron chi connectivity index (χ0n) is 16.1. The van der Waals surface area contributed by atoms with Crippen LogP contribution in [0.15, 0.2) is 71.6 Å². The summed E-state index contributed by atoms with van der Waals surface area (Å²) in [4.78, 5) is 12.2. The average molecular weight is 412 g/mol. The van der Waals surface area contributed by atoms with Gasteiger partial charge in [0.2, 0.25) is 5.91 Å². The summed E-state index contributed by atoms with van der Waals surface area (Å²) in [6.07, 6.45) is -0.110. The van der Waals surface area contributed by atoms with Crippen LogP contribution in [-0.2, 0) is 21.2 Å². The lowest BCUT2D eigenvalue weighted by atomic mass is 10.1. The molecule has 5 nitrogen and oxygen atoms in total. The Morgan fingerprint density at radius 2 is 1.55 bits per heavy atom. The van der Waals surface area contributed by atoms with Crippen LogP contribution in [0.1, 0.15) is 16.7 Å². The summed E-state index contributed by atoms with van der Waals surface area (Å²) in [6.45, 7) is 3.86. The molecule has 0 fully saturated rings. The van der Waals surface area contributed by atoms with Gasteiger partial charge in [-0.05, 0) is 73.0 Å². The lowest BCUT2D eigenvalue weighted by Gasteiger charge is -2.11. The first kappa shape index (κ1) is 20.5. The molecule has 0 saturated carbocycles. The van der Waals surface area contributed by atoms with E-state index in [1.807, 2.05) is 19.9 Å². The van der Waals surface area contributed by atoms with Gasteiger partial charge in [0, 0.05) is 11.4 Å². The fourth-order valence-corrected chi connectivity index (χ4v) is 3.81. The molecule has 0 aliphatic carbocycles. The molecule has 0 spiro atoms. The number of sulfonamides is 1.